The smallest absolute Gasteiger partial charge is 0.118 e. The normalized spacial score (nSPS) is 10.0. The zero-order valence-electron chi connectivity index (χ0n) is 7.69. The highest BCUT2D eigenvalue weighted by Gasteiger charge is 1.94. The first-order valence-electron chi connectivity index (χ1n) is 4.18. The van der Waals surface area contributed by atoms with Crippen LogP contribution in [0.5, 0.6) is 5.75 Å². The van der Waals surface area contributed by atoms with Crippen LogP contribution in [0.1, 0.15) is 5.56 Å². The van der Waals surface area contributed by atoms with Gasteiger partial charge in [0.15, 0.2) is 0 Å². The fourth-order valence-electron chi connectivity index (χ4n) is 0.976. The van der Waals surface area contributed by atoms with Crippen LogP contribution in [0.25, 0.3) is 0 Å². The molecule has 0 aliphatic rings. The number of methoxy groups -OCH3 is 1. The Hall–Kier alpha value is -0.670. The van der Waals surface area contributed by atoms with Crippen LogP contribution in [-0.2, 0) is 5.75 Å². The SMILES string of the molecule is COc1ccc(CSCCO)cc1. The van der Waals surface area contributed by atoms with Crippen LogP contribution in [0, 0.1) is 0 Å². The summed E-state index contributed by atoms with van der Waals surface area (Å²) in [5, 5.41) is 8.59. The molecule has 0 amide bonds. The monoisotopic (exact) mass is 198 g/mol. The number of ether oxygens (including phenoxy) is 1. The van der Waals surface area contributed by atoms with E-state index in [2.05, 4.69) is 0 Å². The van der Waals surface area contributed by atoms with E-state index in [0.29, 0.717) is 0 Å². The fourth-order valence-corrected chi connectivity index (χ4v) is 1.68. The summed E-state index contributed by atoms with van der Waals surface area (Å²) < 4.78 is 5.05. The van der Waals surface area contributed by atoms with Crippen molar-refractivity contribution in [1.29, 1.82) is 0 Å². The van der Waals surface area contributed by atoms with Gasteiger partial charge in [-0.1, -0.05) is 12.1 Å². The second-order valence-corrected chi connectivity index (χ2v) is 3.73. The minimum absolute atomic E-state index is 0.251. The zero-order valence-corrected chi connectivity index (χ0v) is 8.51. The standard InChI is InChI=1S/C10H14O2S/c1-12-10-4-2-9(3-5-10)8-13-7-6-11/h2-5,11H,6-8H2,1H3. The Bertz CT molecular complexity index is 233. The molecule has 1 N–H and O–H groups in total. The van der Waals surface area contributed by atoms with E-state index >= 15 is 0 Å². The lowest BCUT2D eigenvalue weighted by Gasteiger charge is -2.02. The first-order chi connectivity index (χ1) is 6.36. The summed E-state index contributed by atoms with van der Waals surface area (Å²) in [4.78, 5) is 0. The van der Waals surface area contributed by atoms with Gasteiger partial charge in [-0.2, -0.15) is 11.8 Å². The molecule has 0 aromatic heterocycles. The van der Waals surface area contributed by atoms with Gasteiger partial charge in [-0.05, 0) is 17.7 Å². The first kappa shape index (κ1) is 10.4. The molecule has 0 atom stereocenters. The minimum atomic E-state index is 0.251. The molecule has 0 saturated heterocycles. The minimum Gasteiger partial charge on any atom is -0.497 e. The summed E-state index contributed by atoms with van der Waals surface area (Å²) in [5.74, 6) is 2.63. The summed E-state index contributed by atoms with van der Waals surface area (Å²) in [5.41, 5.74) is 1.26. The molecule has 0 aliphatic carbocycles. The van der Waals surface area contributed by atoms with E-state index in [1.54, 1.807) is 18.9 Å². The molecule has 0 bridgehead atoms. The zero-order chi connectivity index (χ0) is 9.52. The van der Waals surface area contributed by atoms with Crippen molar-refractivity contribution in [3.63, 3.8) is 0 Å². The largest absolute Gasteiger partial charge is 0.497 e. The lowest BCUT2D eigenvalue weighted by molar-refractivity contribution is 0.322. The van der Waals surface area contributed by atoms with Gasteiger partial charge in [0.05, 0.1) is 13.7 Å². The van der Waals surface area contributed by atoms with E-state index in [1.165, 1.54) is 5.56 Å². The van der Waals surface area contributed by atoms with E-state index in [1.807, 2.05) is 24.3 Å². The van der Waals surface area contributed by atoms with Crippen LogP contribution in [0.3, 0.4) is 0 Å². The van der Waals surface area contributed by atoms with E-state index in [9.17, 15) is 0 Å². The number of aliphatic hydroxyl groups is 1. The van der Waals surface area contributed by atoms with Gasteiger partial charge in [0.25, 0.3) is 0 Å². The van der Waals surface area contributed by atoms with E-state index in [4.69, 9.17) is 9.84 Å². The quantitative estimate of drug-likeness (QED) is 0.733. The molecule has 0 radical (unpaired) electrons. The molecule has 1 aromatic rings. The molecular weight excluding hydrogens is 184 g/mol. The summed E-state index contributed by atoms with van der Waals surface area (Å²) in [6.07, 6.45) is 0. The van der Waals surface area contributed by atoms with Gasteiger partial charge in [0.1, 0.15) is 5.75 Å². The lowest BCUT2D eigenvalue weighted by atomic mass is 10.2. The van der Waals surface area contributed by atoms with Crippen molar-refractivity contribution in [2.75, 3.05) is 19.5 Å². The molecule has 1 rings (SSSR count). The van der Waals surface area contributed by atoms with Gasteiger partial charge in [0, 0.05) is 11.5 Å². The summed E-state index contributed by atoms with van der Waals surface area (Å²) >= 11 is 1.73. The van der Waals surface area contributed by atoms with Crippen molar-refractivity contribution in [2.24, 2.45) is 0 Å². The Morgan fingerprint density at radius 1 is 1.31 bits per heavy atom. The fraction of sp³-hybridized carbons (Fsp3) is 0.400. The molecule has 13 heavy (non-hydrogen) atoms. The summed E-state index contributed by atoms with van der Waals surface area (Å²) in [7, 11) is 1.66. The van der Waals surface area contributed by atoms with Crippen molar-refractivity contribution in [3.05, 3.63) is 29.8 Å². The molecule has 0 aliphatic heterocycles. The third kappa shape index (κ3) is 3.70. The van der Waals surface area contributed by atoms with Crippen LogP contribution in [-0.4, -0.2) is 24.6 Å². The second-order valence-electron chi connectivity index (χ2n) is 2.62. The van der Waals surface area contributed by atoms with Crippen LogP contribution in [0.15, 0.2) is 24.3 Å². The molecular formula is C10H14O2S. The topological polar surface area (TPSA) is 29.5 Å². The molecule has 2 nitrogen and oxygen atoms in total. The highest BCUT2D eigenvalue weighted by molar-refractivity contribution is 7.98. The van der Waals surface area contributed by atoms with Crippen molar-refractivity contribution in [1.82, 2.24) is 0 Å². The van der Waals surface area contributed by atoms with Crippen LogP contribution >= 0.6 is 11.8 Å². The van der Waals surface area contributed by atoms with Crippen molar-refractivity contribution < 1.29 is 9.84 Å². The Labute approximate surface area is 82.9 Å². The molecule has 0 spiro atoms. The van der Waals surface area contributed by atoms with E-state index in [0.717, 1.165) is 17.3 Å². The molecule has 0 fully saturated rings. The molecule has 1 aromatic carbocycles. The second kappa shape index (κ2) is 5.89. The number of hydrogen-bond donors (Lipinski definition) is 1. The average molecular weight is 198 g/mol. The number of aliphatic hydroxyl groups excluding tert-OH is 1. The predicted octanol–water partition coefficient (Wildman–Crippen LogP) is 1.92. The lowest BCUT2D eigenvalue weighted by Crippen LogP contribution is -1.88. The van der Waals surface area contributed by atoms with Crippen LogP contribution < -0.4 is 4.74 Å². The molecule has 0 heterocycles. The third-order valence-corrected chi connectivity index (χ3v) is 2.67. The Balaban J connectivity index is 2.40. The number of hydrogen-bond acceptors (Lipinski definition) is 3. The third-order valence-electron chi connectivity index (χ3n) is 1.66. The van der Waals surface area contributed by atoms with Crippen molar-refractivity contribution >= 4 is 11.8 Å². The first-order valence-corrected chi connectivity index (χ1v) is 5.34. The highest BCUT2D eigenvalue weighted by atomic mass is 32.2. The molecule has 3 heteroatoms. The maximum absolute atomic E-state index is 8.59. The van der Waals surface area contributed by atoms with Gasteiger partial charge in [-0.15, -0.1) is 0 Å². The molecule has 0 saturated carbocycles. The predicted molar refractivity (Wildman–Crippen MR) is 56.2 cm³/mol. The molecule has 0 unspecified atom stereocenters. The average Bonchev–Trinajstić information content (AvgIpc) is 2.19. The van der Waals surface area contributed by atoms with Gasteiger partial charge >= 0.3 is 0 Å². The maximum atomic E-state index is 8.59. The van der Waals surface area contributed by atoms with Crippen molar-refractivity contribution in [2.45, 2.75) is 5.75 Å². The molecule has 72 valence electrons. The van der Waals surface area contributed by atoms with Gasteiger partial charge < -0.3 is 9.84 Å². The van der Waals surface area contributed by atoms with Crippen LogP contribution in [0.2, 0.25) is 0 Å². The highest BCUT2D eigenvalue weighted by Crippen LogP contribution is 2.15. The maximum Gasteiger partial charge on any atom is 0.118 e. The van der Waals surface area contributed by atoms with Crippen molar-refractivity contribution in [3.8, 4) is 5.75 Å². The Morgan fingerprint density at radius 2 is 2.00 bits per heavy atom. The number of benzene rings is 1. The Morgan fingerprint density at radius 3 is 2.54 bits per heavy atom. The van der Waals surface area contributed by atoms with Gasteiger partial charge in [-0.25, -0.2) is 0 Å². The van der Waals surface area contributed by atoms with E-state index < -0.39 is 0 Å². The van der Waals surface area contributed by atoms with E-state index in [-0.39, 0.29) is 6.61 Å². The number of rotatable bonds is 5. The van der Waals surface area contributed by atoms with Gasteiger partial charge in [-0.3, -0.25) is 0 Å². The Kier molecular flexibility index (Phi) is 4.72. The van der Waals surface area contributed by atoms with Crippen LogP contribution in [0.4, 0.5) is 0 Å². The number of thioether (sulfide) groups is 1. The van der Waals surface area contributed by atoms with Gasteiger partial charge in [0.2, 0.25) is 0 Å². The summed E-state index contributed by atoms with van der Waals surface area (Å²) in [6.45, 7) is 0.251. The summed E-state index contributed by atoms with van der Waals surface area (Å²) in [6, 6.07) is 8.00.